The minimum absolute atomic E-state index is 0.0582. The van der Waals surface area contributed by atoms with Gasteiger partial charge in [0.05, 0.1) is 12.8 Å². The predicted octanol–water partition coefficient (Wildman–Crippen LogP) is 2.41. The van der Waals surface area contributed by atoms with Gasteiger partial charge >= 0.3 is 0 Å². The molecule has 0 amide bonds. The minimum Gasteiger partial charge on any atom is -0.497 e. The van der Waals surface area contributed by atoms with E-state index in [1.807, 2.05) is 60.6 Å². The first kappa shape index (κ1) is 11.4. The van der Waals surface area contributed by atoms with Crippen molar-refractivity contribution in [1.82, 2.24) is 9.80 Å². The molecule has 0 fully saturated rings. The van der Waals surface area contributed by atoms with Crippen LogP contribution in [0, 0.1) is 0 Å². The van der Waals surface area contributed by atoms with Crippen molar-refractivity contribution in [3.8, 4) is 5.75 Å². The lowest BCUT2D eigenvalue weighted by Gasteiger charge is -2.21. The molecule has 0 atom stereocenters. The van der Waals surface area contributed by atoms with E-state index in [2.05, 4.69) is 10.2 Å². The molecule has 1 aliphatic rings. The van der Waals surface area contributed by atoms with Crippen molar-refractivity contribution in [3.63, 3.8) is 0 Å². The number of hydrogen-bond donors (Lipinski definition) is 0. The largest absolute Gasteiger partial charge is 0.497 e. The molecule has 0 aliphatic carbocycles. The Labute approximate surface area is 101 Å². The van der Waals surface area contributed by atoms with E-state index in [1.54, 1.807) is 7.11 Å². The van der Waals surface area contributed by atoms with E-state index < -0.39 is 0 Å². The predicted molar refractivity (Wildman–Crippen MR) is 66.0 cm³/mol. The molecule has 1 aromatic rings. The molecule has 90 valence electrons. The average molecular weight is 232 g/mol. The highest BCUT2D eigenvalue weighted by Crippen LogP contribution is 2.20. The summed E-state index contributed by atoms with van der Waals surface area (Å²) < 4.78 is 5.08. The van der Waals surface area contributed by atoms with E-state index >= 15 is 0 Å². The third-order valence-corrected chi connectivity index (χ3v) is 2.61. The molecule has 0 bridgehead atoms. The fraction of sp³-hybridized carbons (Fsp3) is 0.333. The fourth-order valence-electron chi connectivity index (χ4n) is 1.58. The third-order valence-electron chi connectivity index (χ3n) is 2.61. The second kappa shape index (κ2) is 4.86. The van der Waals surface area contributed by atoms with Gasteiger partial charge in [-0.2, -0.15) is 5.11 Å². The molecule has 0 N–H and O–H groups in total. The van der Waals surface area contributed by atoms with Gasteiger partial charge in [0.1, 0.15) is 5.75 Å². The molecule has 1 heterocycles. The Hall–Kier alpha value is -2.04. The molecule has 2 rings (SSSR count). The topological polar surface area (TPSA) is 40.4 Å². The van der Waals surface area contributed by atoms with Crippen molar-refractivity contribution >= 4 is 5.69 Å². The van der Waals surface area contributed by atoms with Crippen LogP contribution in [-0.2, 0) is 0 Å². The molecule has 0 saturated carbocycles. The maximum atomic E-state index is 5.08. The van der Waals surface area contributed by atoms with Crippen LogP contribution in [0.4, 0.5) is 5.69 Å². The van der Waals surface area contributed by atoms with Gasteiger partial charge in [-0.1, -0.05) is 0 Å². The zero-order chi connectivity index (χ0) is 12.3. The average Bonchev–Trinajstić information content (AvgIpc) is 2.67. The molecule has 0 radical (unpaired) electrons. The first-order valence-corrected chi connectivity index (χ1v) is 5.38. The highest BCUT2D eigenvalue weighted by Gasteiger charge is 2.18. The summed E-state index contributed by atoms with van der Waals surface area (Å²) in [4.78, 5) is 3.99. The van der Waals surface area contributed by atoms with Gasteiger partial charge in [0.2, 0.25) is 6.29 Å². The second-order valence-electron chi connectivity index (χ2n) is 3.89. The van der Waals surface area contributed by atoms with Crippen LogP contribution in [0.1, 0.15) is 0 Å². The van der Waals surface area contributed by atoms with Crippen LogP contribution in [0.25, 0.3) is 0 Å². The summed E-state index contributed by atoms with van der Waals surface area (Å²) in [5.74, 6) is 0.820. The molecule has 0 spiro atoms. The Morgan fingerprint density at radius 1 is 1.06 bits per heavy atom. The number of rotatable bonds is 3. The number of azo groups is 1. The standard InChI is InChI=1S/C12H16N4O/c1-15-8-9-16(2)12(15)14-13-10-4-6-11(17-3)7-5-10/h4-9,12H,1-3H3. The number of hydrogen-bond acceptors (Lipinski definition) is 5. The van der Waals surface area contributed by atoms with Gasteiger partial charge in [0.15, 0.2) is 0 Å². The molecule has 0 unspecified atom stereocenters. The first-order chi connectivity index (χ1) is 8.20. The fourth-order valence-corrected chi connectivity index (χ4v) is 1.58. The summed E-state index contributed by atoms with van der Waals surface area (Å²) in [6.07, 6.45) is 3.88. The number of methoxy groups -OCH3 is 1. The van der Waals surface area contributed by atoms with Crippen LogP contribution in [0.5, 0.6) is 5.75 Å². The van der Waals surface area contributed by atoms with Crippen LogP contribution in [0.2, 0.25) is 0 Å². The summed E-state index contributed by atoms with van der Waals surface area (Å²) in [6, 6.07) is 7.50. The molecule has 1 aromatic carbocycles. The van der Waals surface area contributed by atoms with Gasteiger partial charge in [-0.15, -0.1) is 5.11 Å². The lowest BCUT2D eigenvalue weighted by atomic mass is 10.3. The molecular formula is C12H16N4O. The number of nitrogens with zero attached hydrogens (tertiary/aromatic N) is 4. The summed E-state index contributed by atoms with van der Waals surface area (Å²) in [5, 5.41) is 8.50. The van der Waals surface area contributed by atoms with Crippen molar-refractivity contribution in [2.75, 3.05) is 21.2 Å². The maximum absolute atomic E-state index is 5.08. The molecule has 0 aromatic heterocycles. The van der Waals surface area contributed by atoms with Crippen molar-refractivity contribution in [2.45, 2.75) is 6.29 Å². The number of benzene rings is 1. The van der Waals surface area contributed by atoms with Crippen molar-refractivity contribution < 1.29 is 4.74 Å². The summed E-state index contributed by atoms with van der Waals surface area (Å²) >= 11 is 0. The normalized spacial score (nSPS) is 16.2. The van der Waals surface area contributed by atoms with E-state index in [-0.39, 0.29) is 6.29 Å². The number of ether oxygens (including phenoxy) is 1. The van der Waals surface area contributed by atoms with Crippen molar-refractivity contribution in [3.05, 3.63) is 36.7 Å². The van der Waals surface area contributed by atoms with Crippen molar-refractivity contribution in [1.29, 1.82) is 0 Å². The van der Waals surface area contributed by atoms with Crippen LogP contribution in [0.3, 0.4) is 0 Å². The van der Waals surface area contributed by atoms with Crippen LogP contribution < -0.4 is 4.74 Å². The van der Waals surface area contributed by atoms with Gasteiger partial charge in [-0.05, 0) is 24.3 Å². The van der Waals surface area contributed by atoms with Gasteiger partial charge < -0.3 is 14.5 Å². The Morgan fingerprint density at radius 2 is 1.65 bits per heavy atom. The Morgan fingerprint density at radius 3 is 2.18 bits per heavy atom. The minimum atomic E-state index is -0.0582. The molecule has 0 saturated heterocycles. The van der Waals surface area contributed by atoms with Gasteiger partial charge in [-0.25, -0.2) is 0 Å². The van der Waals surface area contributed by atoms with Crippen LogP contribution >= 0.6 is 0 Å². The van der Waals surface area contributed by atoms with E-state index in [9.17, 15) is 0 Å². The van der Waals surface area contributed by atoms with E-state index in [4.69, 9.17) is 4.74 Å². The van der Waals surface area contributed by atoms with Gasteiger partial charge in [-0.3, -0.25) is 0 Å². The van der Waals surface area contributed by atoms with Crippen LogP contribution in [-0.4, -0.2) is 37.3 Å². The van der Waals surface area contributed by atoms with Gasteiger partial charge in [0, 0.05) is 26.5 Å². The van der Waals surface area contributed by atoms with Gasteiger partial charge in [0.25, 0.3) is 0 Å². The molecular weight excluding hydrogens is 216 g/mol. The first-order valence-electron chi connectivity index (χ1n) is 5.38. The monoisotopic (exact) mass is 232 g/mol. The molecule has 1 aliphatic heterocycles. The molecule has 17 heavy (non-hydrogen) atoms. The highest BCUT2D eigenvalue weighted by atomic mass is 16.5. The summed E-state index contributed by atoms with van der Waals surface area (Å²) in [7, 11) is 5.58. The van der Waals surface area contributed by atoms with E-state index in [1.165, 1.54) is 0 Å². The smallest absolute Gasteiger partial charge is 0.217 e. The molecule has 5 heteroatoms. The van der Waals surface area contributed by atoms with Crippen molar-refractivity contribution in [2.24, 2.45) is 10.2 Å². The zero-order valence-electron chi connectivity index (χ0n) is 10.2. The van der Waals surface area contributed by atoms with E-state index in [0.29, 0.717) is 0 Å². The Bertz CT molecular complexity index is 415. The summed E-state index contributed by atoms with van der Waals surface area (Å²) in [6.45, 7) is 0. The third kappa shape index (κ3) is 2.55. The lowest BCUT2D eigenvalue weighted by molar-refractivity contribution is 0.206. The zero-order valence-corrected chi connectivity index (χ0v) is 10.2. The van der Waals surface area contributed by atoms with E-state index in [0.717, 1.165) is 11.4 Å². The second-order valence-corrected chi connectivity index (χ2v) is 3.89. The SMILES string of the molecule is COc1ccc(N=NC2N(C)C=CN2C)cc1. The quantitative estimate of drug-likeness (QED) is 0.751. The lowest BCUT2D eigenvalue weighted by Crippen LogP contribution is -2.31. The maximum Gasteiger partial charge on any atom is 0.217 e. The van der Waals surface area contributed by atoms with Crippen LogP contribution in [0.15, 0.2) is 46.9 Å². The Balaban J connectivity index is 2.04. The highest BCUT2D eigenvalue weighted by molar-refractivity contribution is 5.40. The molecule has 5 nitrogen and oxygen atoms in total. The summed E-state index contributed by atoms with van der Waals surface area (Å²) in [5.41, 5.74) is 0.819. The Kier molecular flexibility index (Phi) is 3.27.